The first-order valence-corrected chi connectivity index (χ1v) is 3.78. The van der Waals surface area contributed by atoms with Crippen LogP contribution in [0.25, 0.3) is 0 Å². The fourth-order valence-corrected chi connectivity index (χ4v) is 1.42. The van der Waals surface area contributed by atoms with Crippen molar-refractivity contribution < 1.29 is 18.7 Å². The van der Waals surface area contributed by atoms with Crippen LogP contribution < -0.4 is 5.32 Å². The van der Waals surface area contributed by atoms with Crippen molar-refractivity contribution in [1.82, 2.24) is 5.32 Å². The zero-order chi connectivity index (χ0) is 9.41. The average molecular weight is 179 g/mol. The Morgan fingerprint density at radius 1 is 1.67 bits per heavy atom. The summed E-state index contributed by atoms with van der Waals surface area (Å²) in [6.45, 7) is 1.05. The highest BCUT2D eigenvalue weighted by molar-refractivity contribution is 5.79. The van der Waals surface area contributed by atoms with Gasteiger partial charge in [0.1, 0.15) is 5.54 Å². The zero-order valence-corrected chi connectivity index (χ0v) is 6.73. The first-order valence-electron chi connectivity index (χ1n) is 3.78. The van der Waals surface area contributed by atoms with Gasteiger partial charge in [-0.05, 0) is 6.42 Å². The topological polar surface area (TPSA) is 49.3 Å². The summed E-state index contributed by atoms with van der Waals surface area (Å²) in [5, 5.41) is 11.1. The highest BCUT2D eigenvalue weighted by Crippen LogP contribution is 2.34. The molecule has 0 aromatic rings. The summed E-state index contributed by atoms with van der Waals surface area (Å²) >= 11 is 0. The SMILES string of the molecule is CC[C@@]1(C(=O)O)CC(F)(F)CN1. The summed E-state index contributed by atoms with van der Waals surface area (Å²) in [5.74, 6) is -4.07. The van der Waals surface area contributed by atoms with Gasteiger partial charge in [0.2, 0.25) is 0 Å². The molecule has 1 heterocycles. The molecule has 1 aliphatic heterocycles. The van der Waals surface area contributed by atoms with Gasteiger partial charge in [-0.25, -0.2) is 8.78 Å². The van der Waals surface area contributed by atoms with Crippen LogP contribution in [0.5, 0.6) is 0 Å². The largest absolute Gasteiger partial charge is 0.480 e. The van der Waals surface area contributed by atoms with Gasteiger partial charge in [0, 0.05) is 6.42 Å². The van der Waals surface area contributed by atoms with Crippen molar-refractivity contribution in [1.29, 1.82) is 0 Å². The van der Waals surface area contributed by atoms with Crippen LogP contribution in [-0.4, -0.2) is 29.1 Å². The number of halogens is 2. The molecule has 0 spiro atoms. The van der Waals surface area contributed by atoms with Gasteiger partial charge < -0.3 is 5.11 Å². The number of rotatable bonds is 2. The van der Waals surface area contributed by atoms with Crippen molar-refractivity contribution in [2.75, 3.05) is 6.54 Å². The maximum Gasteiger partial charge on any atom is 0.324 e. The normalized spacial score (nSPS) is 33.6. The lowest BCUT2D eigenvalue weighted by Gasteiger charge is -2.21. The van der Waals surface area contributed by atoms with Crippen LogP contribution in [0.2, 0.25) is 0 Å². The second-order valence-electron chi connectivity index (χ2n) is 3.13. The van der Waals surface area contributed by atoms with E-state index in [0.717, 1.165) is 0 Å². The number of hydrogen-bond acceptors (Lipinski definition) is 2. The fourth-order valence-electron chi connectivity index (χ4n) is 1.42. The van der Waals surface area contributed by atoms with E-state index in [-0.39, 0.29) is 6.42 Å². The van der Waals surface area contributed by atoms with E-state index in [2.05, 4.69) is 5.32 Å². The van der Waals surface area contributed by atoms with Gasteiger partial charge in [0.15, 0.2) is 0 Å². The van der Waals surface area contributed by atoms with Crippen LogP contribution in [-0.2, 0) is 4.79 Å². The van der Waals surface area contributed by atoms with Gasteiger partial charge in [-0.2, -0.15) is 0 Å². The Bertz CT molecular complexity index is 208. The van der Waals surface area contributed by atoms with Crippen LogP contribution in [0.4, 0.5) is 8.78 Å². The van der Waals surface area contributed by atoms with E-state index in [0.29, 0.717) is 0 Å². The molecule has 1 atom stereocenters. The first kappa shape index (κ1) is 9.38. The predicted octanol–water partition coefficient (Wildman–Crippen LogP) is 0.848. The smallest absolute Gasteiger partial charge is 0.324 e. The molecule has 0 saturated carbocycles. The molecule has 3 nitrogen and oxygen atoms in total. The highest BCUT2D eigenvalue weighted by Gasteiger charge is 2.52. The summed E-state index contributed by atoms with van der Waals surface area (Å²) in [6, 6.07) is 0. The molecule has 0 radical (unpaired) electrons. The third-order valence-electron chi connectivity index (χ3n) is 2.26. The molecule has 1 rings (SSSR count). The second-order valence-corrected chi connectivity index (χ2v) is 3.13. The Morgan fingerprint density at radius 3 is 2.42 bits per heavy atom. The summed E-state index contributed by atoms with van der Waals surface area (Å²) in [4.78, 5) is 10.6. The summed E-state index contributed by atoms with van der Waals surface area (Å²) in [5.41, 5.74) is -1.41. The number of carboxylic acid groups (broad SMARTS) is 1. The van der Waals surface area contributed by atoms with E-state index in [4.69, 9.17) is 5.11 Å². The van der Waals surface area contributed by atoms with E-state index < -0.39 is 30.4 Å². The van der Waals surface area contributed by atoms with Crippen molar-refractivity contribution in [3.05, 3.63) is 0 Å². The summed E-state index contributed by atoms with van der Waals surface area (Å²) < 4.78 is 25.3. The van der Waals surface area contributed by atoms with Crippen molar-refractivity contribution in [2.24, 2.45) is 0 Å². The molecule has 2 N–H and O–H groups in total. The predicted molar refractivity (Wildman–Crippen MR) is 38.2 cm³/mol. The molecule has 0 unspecified atom stereocenters. The lowest BCUT2D eigenvalue weighted by Crippen LogP contribution is -2.46. The van der Waals surface area contributed by atoms with Gasteiger partial charge in [-0.1, -0.05) is 6.92 Å². The van der Waals surface area contributed by atoms with Gasteiger partial charge in [0.25, 0.3) is 5.92 Å². The Morgan fingerprint density at radius 2 is 2.25 bits per heavy atom. The van der Waals surface area contributed by atoms with Gasteiger partial charge >= 0.3 is 5.97 Å². The number of aliphatic carboxylic acids is 1. The molecule has 0 aromatic carbocycles. The summed E-state index contributed by atoms with van der Waals surface area (Å²) in [6.07, 6.45) is -0.427. The Kier molecular flexibility index (Phi) is 2.07. The Balaban J connectivity index is 2.80. The van der Waals surface area contributed by atoms with E-state index in [1.165, 1.54) is 0 Å². The lowest BCUT2D eigenvalue weighted by molar-refractivity contribution is -0.145. The van der Waals surface area contributed by atoms with Crippen molar-refractivity contribution in [2.45, 2.75) is 31.2 Å². The molecule has 70 valence electrons. The minimum atomic E-state index is -2.88. The molecule has 1 saturated heterocycles. The molecule has 0 aliphatic carbocycles. The number of nitrogens with one attached hydrogen (secondary N) is 1. The number of hydrogen-bond donors (Lipinski definition) is 2. The van der Waals surface area contributed by atoms with Crippen molar-refractivity contribution in [3.8, 4) is 0 Å². The molecule has 0 aromatic heterocycles. The van der Waals surface area contributed by atoms with E-state index in [1.807, 2.05) is 0 Å². The summed E-state index contributed by atoms with van der Waals surface area (Å²) in [7, 11) is 0. The van der Waals surface area contributed by atoms with Crippen molar-refractivity contribution in [3.63, 3.8) is 0 Å². The third-order valence-corrected chi connectivity index (χ3v) is 2.26. The quantitative estimate of drug-likeness (QED) is 0.660. The third kappa shape index (κ3) is 1.41. The minimum Gasteiger partial charge on any atom is -0.480 e. The lowest BCUT2D eigenvalue weighted by atomic mass is 9.93. The average Bonchev–Trinajstić information content (AvgIpc) is 2.27. The van der Waals surface area contributed by atoms with Crippen LogP contribution in [0, 0.1) is 0 Å². The highest BCUT2D eigenvalue weighted by atomic mass is 19.3. The van der Waals surface area contributed by atoms with Gasteiger partial charge in [0.05, 0.1) is 6.54 Å². The minimum absolute atomic E-state index is 0.178. The molecule has 1 fully saturated rings. The molecule has 5 heteroatoms. The fraction of sp³-hybridized carbons (Fsp3) is 0.857. The van der Waals surface area contributed by atoms with Crippen LogP contribution >= 0.6 is 0 Å². The van der Waals surface area contributed by atoms with Gasteiger partial charge in [-0.3, -0.25) is 10.1 Å². The van der Waals surface area contributed by atoms with E-state index >= 15 is 0 Å². The monoisotopic (exact) mass is 179 g/mol. The molecule has 0 bridgehead atoms. The molecular formula is C7H11F2NO2. The maximum absolute atomic E-state index is 12.7. The first-order chi connectivity index (χ1) is 5.42. The molecule has 0 amide bonds. The van der Waals surface area contributed by atoms with Crippen LogP contribution in [0.3, 0.4) is 0 Å². The van der Waals surface area contributed by atoms with Crippen LogP contribution in [0.15, 0.2) is 0 Å². The van der Waals surface area contributed by atoms with Crippen molar-refractivity contribution >= 4 is 5.97 Å². The molecule has 12 heavy (non-hydrogen) atoms. The van der Waals surface area contributed by atoms with E-state index in [9.17, 15) is 13.6 Å². The number of carbonyl (C=O) groups is 1. The Labute approximate surface area is 68.8 Å². The van der Waals surface area contributed by atoms with E-state index in [1.54, 1.807) is 6.92 Å². The van der Waals surface area contributed by atoms with Crippen LogP contribution in [0.1, 0.15) is 19.8 Å². The second kappa shape index (κ2) is 2.65. The standard InChI is InChI=1S/C7H11F2NO2/c1-2-6(5(11)12)3-7(8,9)4-10-6/h10H,2-4H2,1H3,(H,11,12)/t6-/m0/s1. The number of carboxylic acids is 1. The Hall–Kier alpha value is -0.710. The maximum atomic E-state index is 12.7. The van der Waals surface area contributed by atoms with Gasteiger partial charge in [-0.15, -0.1) is 0 Å². The molecular weight excluding hydrogens is 168 g/mol. The number of alkyl halides is 2. The molecule has 1 aliphatic rings. The zero-order valence-electron chi connectivity index (χ0n) is 6.73.